The molecule has 138 valence electrons. The van der Waals surface area contributed by atoms with Crippen molar-refractivity contribution < 1.29 is 32.2 Å². The van der Waals surface area contributed by atoms with Crippen LogP contribution in [0.3, 0.4) is 0 Å². The summed E-state index contributed by atoms with van der Waals surface area (Å²) in [6.45, 7) is 3.49. The van der Waals surface area contributed by atoms with Gasteiger partial charge in [0.2, 0.25) is 0 Å². The molecule has 0 N–H and O–H groups in total. The molecule has 0 amide bonds. The molecule has 0 unspecified atom stereocenters. The Balaban J connectivity index is 2.18. The number of benzene rings is 1. The lowest BCUT2D eigenvalue weighted by Crippen LogP contribution is -2.07. The van der Waals surface area contributed by atoms with Crippen molar-refractivity contribution in [1.29, 1.82) is 0 Å². The summed E-state index contributed by atoms with van der Waals surface area (Å²) in [5.41, 5.74) is 0.323. The molecule has 0 aliphatic carbocycles. The first-order chi connectivity index (χ1) is 11.8. The van der Waals surface area contributed by atoms with Crippen molar-refractivity contribution in [2.45, 2.75) is 44.7 Å². The van der Waals surface area contributed by atoms with E-state index >= 15 is 0 Å². The zero-order valence-corrected chi connectivity index (χ0v) is 13.8. The van der Waals surface area contributed by atoms with E-state index in [9.17, 15) is 22.8 Å². The highest BCUT2D eigenvalue weighted by Crippen LogP contribution is 2.23. The fraction of sp³-hybridized carbons (Fsp3) is 0.444. The summed E-state index contributed by atoms with van der Waals surface area (Å²) in [7, 11) is 0. The molecule has 1 aromatic carbocycles. The number of halogens is 3. The molecule has 0 atom stereocenters. The van der Waals surface area contributed by atoms with Gasteiger partial charge in [-0.2, -0.15) is 13.2 Å². The molecule has 0 fully saturated rings. The number of esters is 2. The Hall–Kier alpha value is -2.31. The highest BCUT2D eigenvalue weighted by atomic mass is 19.4. The SMILES string of the molecule is C=CC(=O)Oc1ccc(C(=O)OCCCCCCCC(F)(F)F)cc1. The van der Waals surface area contributed by atoms with Gasteiger partial charge in [0.25, 0.3) is 0 Å². The van der Waals surface area contributed by atoms with Gasteiger partial charge in [-0.15, -0.1) is 0 Å². The lowest BCUT2D eigenvalue weighted by molar-refractivity contribution is -0.135. The summed E-state index contributed by atoms with van der Waals surface area (Å²) in [4.78, 5) is 22.8. The van der Waals surface area contributed by atoms with E-state index in [0.29, 0.717) is 37.0 Å². The predicted molar refractivity (Wildman–Crippen MR) is 86.3 cm³/mol. The maximum absolute atomic E-state index is 12.0. The quantitative estimate of drug-likeness (QED) is 0.260. The second-order valence-electron chi connectivity index (χ2n) is 5.42. The first kappa shape index (κ1) is 20.7. The molecule has 1 rings (SSSR count). The van der Waals surface area contributed by atoms with Gasteiger partial charge in [-0.25, -0.2) is 9.59 Å². The third-order valence-corrected chi connectivity index (χ3v) is 3.31. The Bertz CT molecular complexity index is 565. The van der Waals surface area contributed by atoms with Gasteiger partial charge < -0.3 is 9.47 Å². The van der Waals surface area contributed by atoms with Crippen molar-refractivity contribution in [3.8, 4) is 5.75 Å². The number of carbonyl (C=O) groups is 2. The number of rotatable bonds is 10. The Labute approximate surface area is 144 Å². The molecule has 0 aliphatic rings. The molecule has 0 spiro atoms. The van der Waals surface area contributed by atoms with Gasteiger partial charge in [-0.05, 0) is 37.1 Å². The fourth-order valence-electron chi connectivity index (χ4n) is 2.02. The van der Waals surface area contributed by atoms with Crippen molar-refractivity contribution in [2.75, 3.05) is 6.61 Å². The van der Waals surface area contributed by atoms with Gasteiger partial charge in [0, 0.05) is 12.5 Å². The Morgan fingerprint density at radius 1 is 1.00 bits per heavy atom. The van der Waals surface area contributed by atoms with E-state index in [-0.39, 0.29) is 13.0 Å². The van der Waals surface area contributed by atoms with Crippen molar-refractivity contribution >= 4 is 11.9 Å². The number of carbonyl (C=O) groups excluding carboxylic acids is 2. The van der Waals surface area contributed by atoms with E-state index in [1.165, 1.54) is 24.3 Å². The second-order valence-corrected chi connectivity index (χ2v) is 5.42. The van der Waals surface area contributed by atoms with Crippen LogP contribution in [0.25, 0.3) is 0 Å². The van der Waals surface area contributed by atoms with E-state index in [1.54, 1.807) is 0 Å². The summed E-state index contributed by atoms with van der Waals surface area (Å²) in [5.74, 6) is -0.801. The maximum Gasteiger partial charge on any atom is 0.389 e. The molecule has 0 heterocycles. The number of hydrogen-bond acceptors (Lipinski definition) is 4. The van der Waals surface area contributed by atoms with Crippen LogP contribution in [0.4, 0.5) is 13.2 Å². The molecule has 0 saturated heterocycles. The Kier molecular flexibility index (Phi) is 8.74. The highest BCUT2D eigenvalue weighted by molar-refractivity contribution is 5.89. The first-order valence-electron chi connectivity index (χ1n) is 8.00. The molecular weight excluding hydrogens is 337 g/mol. The number of hydrogen-bond donors (Lipinski definition) is 0. The van der Waals surface area contributed by atoms with Crippen LogP contribution in [0.2, 0.25) is 0 Å². The molecule has 1 aromatic rings. The van der Waals surface area contributed by atoms with Crippen LogP contribution in [0.15, 0.2) is 36.9 Å². The molecule has 0 bridgehead atoms. The predicted octanol–water partition coefficient (Wildman–Crippen LogP) is 4.84. The van der Waals surface area contributed by atoms with E-state index in [4.69, 9.17) is 9.47 Å². The molecule has 0 aromatic heterocycles. The van der Waals surface area contributed by atoms with E-state index in [2.05, 4.69) is 6.58 Å². The lowest BCUT2D eigenvalue weighted by Gasteiger charge is -2.07. The van der Waals surface area contributed by atoms with Crippen LogP contribution in [0.5, 0.6) is 5.75 Å². The zero-order valence-electron chi connectivity index (χ0n) is 13.8. The lowest BCUT2D eigenvalue weighted by atomic mass is 10.1. The number of unbranched alkanes of at least 4 members (excludes halogenated alkanes) is 4. The molecule has 0 radical (unpaired) electrons. The average molecular weight is 358 g/mol. The van der Waals surface area contributed by atoms with Gasteiger partial charge in [0.15, 0.2) is 0 Å². The van der Waals surface area contributed by atoms with Crippen molar-refractivity contribution in [2.24, 2.45) is 0 Å². The van der Waals surface area contributed by atoms with Crippen LogP contribution in [-0.4, -0.2) is 24.7 Å². The molecule has 25 heavy (non-hydrogen) atoms. The summed E-state index contributed by atoms with van der Waals surface area (Å²) >= 11 is 0. The van der Waals surface area contributed by atoms with Gasteiger partial charge in [-0.1, -0.05) is 25.8 Å². The van der Waals surface area contributed by atoms with Gasteiger partial charge in [0.1, 0.15) is 5.75 Å². The smallest absolute Gasteiger partial charge is 0.389 e. The number of ether oxygens (including phenoxy) is 2. The summed E-state index contributed by atoms with van der Waals surface area (Å²) in [6.07, 6.45) is -1.17. The highest BCUT2D eigenvalue weighted by Gasteiger charge is 2.25. The number of alkyl halides is 3. The van der Waals surface area contributed by atoms with Crippen LogP contribution in [0.1, 0.15) is 48.9 Å². The average Bonchev–Trinajstić information content (AvgIpc) is 2.56. The standard InChI is InChI=1S/C18H21F3O4/c1-2-16(22)25-15-10-8-14(9-11-15)17(23)24-13-7-5-3-4-6-12-18(19,20)21/h2,8-11H,1,3-7,12-13H2. The van der Waals surface area contributed by atoms with Crippen LogP contribution in [0, 0.1) is 0 Å². The van der Waals surface area contributed by atoms with Crippen molar-refractivity contribution in [1.82, 2.24) is 0 Å². The second kappa shape index (κ2) is 10.5. The zero-order chi connectivity index (χ0) is 18.7. The van der Waals surface area contributed by atoms with E-state index in [0.717, 1.165) is 6.08 Å². The van der Waals surface area contributed by atoms with Gasteiger partial charge in [0.05, 0.1) is 12.2 Å². The largest absolute Gasteiger partial charge is 0.462 e. The first-order valence-corrected chi connectivity index (χ1v) is 8.00. The summed E-state index contributed by atoms with van der Waals surface area (Å²) in [5, 5.41) is 0. The summed E-state index contributed by atoms with van der Waals surface area (Å²) < 4.78 is 45.8. The topological polar surface area (TPSA) is 52.6 Å². The molecule has 7 heteroatoms. The van der Waals surface area contributed by atoms with E-state index < -0.39 is 24.5 Å². The van der Waals surface area contributed by atoms with Crippen LogP contribution < -0.4 is 4.74 Å². The minimum Gasteiger partial charge on any atom is -0.462 e. The normalized spacial score (nSPS) is 11.0. The van der Waals surface area contributed by atoms with Gasteiger partial charge in [-0.3, -0.25) is 0 Å². The fourth-order valence-corrected chi connectivity index (χ4v) is 2.02. The molecular formula is C18H21F3O4. The van der Waals surface area contributed by atoms with Crippen molar-refractivity contribution in [3.63, 3.8) is 0 Å². The molecule has 0 aliphatic heterocycles. The molecule has 4 nitrogen and oxygen atoms in total. The van der Waals surface area contributed by atoms with E-state index in [1.807, 2.05) is 0 Å². The monoisotopic (exact) mass is 358 g/mol. The minimum atomic E-state index is -4.09. The third kappa shape index (κ3) is 9.54. The maximum atomic E-state index is 12.0. The minimum absolute atomic E-state index is 0.131. The summed E-state index contributed by atoms with van der Waals surface area (Å²) in [6, 6.07) is 5.90. The Morgan fingerprint density at radius 3 is 2.20 bits per heavy atom. The third-order valence-electron chi connectivity index (χ3n) is 3.31. The van der Waals surface area contributed by atoms with Crippen LogP contribution >= 0.6 is 0 Å². The van der Waals surface area contributed by atoms with Crippen LogP contribution in [-0.2, 0) is 9.53 Å². The molecule has 0 saturated carbocycles. The van der Waals surface area contributed by atoms with Gasteiger partial charge >= 0.3 is 18.1 Å². The Morgan fingerprint density at radius 2 is 1.60 bits per heavy atom. The van der Waals surface area contributed by atoms with Crippen molar-refractivity contribution in [3.05, 3.63) is 42.5 Å².